The van der Waals surface area contributed by atoms with Gasteiger partial charge >= 0.3 is 6.16 Å². The Morgan fingerprint density at radius 3 is 3.00 bits per heavy atom. The molecule has 1 rings (SSSR count). The van der Waals surface area contributed by atoms with Crippen LogP contribution < -0.4 is 10.9 Å². The van der Waals surface area contributed by atoms with E-state index in [0.717, 1.165) is 6.54 Å². The second-order valence-electron chi connectivity index (χ2n) is 1.73. The molecule has 1 aliphatic rings. The Hall–Kier alpha value is -0.810. The second kappa shape index (κ2) is 2.65. The molecule has 0 spiro atoms. The first-order valence-electron chi connectivity index (χ1n) is 2.67. The molecule has 5 heteroatoms. The average molecular weight is 132 g/mol. The molecule has 0 amide bonds. The quantitative estimate of drug-likeness (QED) is 0.420. The molecule has 0 aromatic carbocycles. The van der Waals surface area contributed by atoms with Gasteiger partial charge in [-0.15, -0.1) is 0 Å². The van der Waals surface area contributed by atoms with Gasteiger partial charge in [0.2, 0.25) is 0 Å². The normalized spacial score (nSPS) is 26.0. The van der Waals surface area contributed by atoms with Gasteiger partial charge in [-0.05, 0) is 0 Å². The van der Waals surface area contributed by atoms with Crippen molar-refractivity contribution < 1.29 is 14.6 Å². The van der Waals surface area contributed by atoms with Crippen LogP contribution in [0.3, 0.4) is 0 Å². The van der Waals surface area contributed by atoms with Crippen LogP contribution in [-0.2, 0) is 4.74 Å². The maximum absolute atomic E-state index is 9.87. The SMILES string of the molecule is O=C(O)O[C@H]1CCNN1. The van der Waals surface area contributed by atoms with Crippen LogP contribution in [0.25, 0.3) is 0 Å². The van der Waals surface area contributed by atoms with Crippen molar-refractivity contribution in [3.8, 4) is 0 Å². The summed E-state index contributed by atoms with van der Waals surface area (Å²) >= 11 is 0. The number of hydrogen-bond acceptors (Lipinski definition) is 4. The minimum Gasteiger partial charge on any atom is -0.450 e. The largest absolute Gasteiger partial charge is 0.507 e. The van der Waals surface area contributed by atoms with Crippen molar-refractivity contribution in [2.75, 3.05) is 6.54 Å². The van der Waals surface area contributed by atoms with E-state index in [1.54, 1.807) is 0 Å². The fraction of sp³-hybridized carbons (Fsp3) is 0.750. The molecule has 1 saturated heterocycles. The highest BCUT2D eigenvalue weighted by Gasteiger charge is 2.16. The monoisotopic (exact) mass is 132 g/mol. The van der Waals surface area contributed by atoms with Crippen LogP contribution in [0.15, 0.2) is 0 Å². The van der Waals surface area contributed by atoms with Crippen molar-refractivity contribution in [3.63, 3.8) is 0 Å². The van der Waals surface area contributed by atoms with Crippen LogP contribution in [0.5, 0.6) is 0 Å². The van der Waals surface area contributed by atoms with Gasteiger partial charge in [0.15, 0.2) is 6.23 Å². The minimum atomic E-state index is -1.24. The van der Waals surface area contributed by atoms with E-state index in [4.69, 9.17) is 5.11 Å². The van der Waals surface area contributed by atoms with E-state index in [-0.39, 0.29) is 6.23 Å². The third kappa shape index (κ3) is 1.87. The molecule has 0 aromatic heterocycles. The predicted octanol–water partition coefficient (Wildman–Crippen LogP) is -0.495. The van der Waals surface area contributed by atoms with Crippen LogP contribution in [-0.4, -0.2) is 24.0 Å². The Morgan fingerprint density at radius 2 is 2.56 bits per heavy atom. The summed E-state index contributed by atoms with van der Waals surface area (Å²) in [5, 5.41) is 8.08. The first kappa shape index (κ1) is 6.31. The summed E-state index contributed by atoms with van der Waals surface area (Å²) in [6, 6.07) is 0. The Morgan fingerprint density at radius 1 is 1.78 bits per heavy atom. The summed E-state index contributed by atoms with van der Waals surface area (Å²) in [7, 11) is 0. The van der Waals surface area contributed by atoms with Crippen molar-refractivity contribution in [1.82, 2.24) is 10.9 Å². The summed E-state index contributed by atoms with van der Waals surface area (Å²) < 4.78 is 4.35. The molecular formula is C4H8N2O3. The van der Waals surface area contributed by atoms with E-state index in [0.29, 0.717) is 6.42 Å². The Balaban J connectivity index is 2.19. The molecule has 0 aromatic rings. The highest BCUT2D eigenvalue weighted by Crippen LogP contribution is 1.96. The number of nitrogens with one attached hydrogen (secondary N) is 2. The number of hydrazine groups is 1. The number of ether oxygens (including phenoxy) is 1. The van der Waals surface area contributed by atoms with Crippen LogP contribution in [0, 0.1) is 0 Å². The van der Waals surface area contributed by atoms with Crippen LogP contribution in [0.1, 0.15) is 6.42 Å². The number of carboxylic acid groups (broad SMARTS) is 1. The molecule has 0 unspecified atom stereocenters. The summed E-state index contributed by atoms with van der Waals surface area (Å²) in [5.41, 5.74) is 5.37. The fourth-order valence-electron chi connectivity index (χ4n) is 0.672. The third-order valence-corrected chi connectivity index (χ3v) is 1.04. The lowest BCUT2D eigenvalue weighted by atomic mass is 10.4. The van der Waals surface area contributed by atoms with E-state index in [9.17, 15) is 4.79 Å². The highest BCUT2D eigenvalue weighted by molar-refractivity contribution is 5.57. The van der Waals surface area contributed by atoms with Gasteiger partial charge < -0.3 is 9.84 Å². The lowest BCUT2D eigenvalue weighted by molar-refractivity contribution is 0.0434. The van der Waals surface area contributed by atoms with Crippen LogP contribution in [0.2, 0.25) is 0 Å². The zero-order chi connectivity index (χ0) is 6.69. The van der Waals surface area contributed by atoms with E-state index < -0.39 is 6.16 Å². The smallest absolute Gasteiger partial charge is 0.450 e. The van der Waals surface area contributed by atoms with E-state index in [2.05, 4.69) is 15.6 Å². The molecule has 52 valence electrons. The zero-order valence-corrected chi connectivity index (χ0v) is 4.76. The van der Waals surface area contributed by atoms with Crippen molar-refractivity contribution in [2.24, 2.45) is 0 Å². The van der Waals surface area contributed by atoms with Gasteiger partial charge in [-0.3, -0.25) is 5.43 Å². The molecule has 1 fully saturated rings. The summed E-state index contributed by atoms with van der Waals surface area (Å²) in [4.78, 5) is 9.87. The lowest BCUT2D eigenvalue weighted by Gasteiger charge is -2.05. The van der Waals surface area contributed by atoms with Crippen molar-refractivity contribution in [1.29, 1.82) is 0 Å². The molecule has 3 N–H and O–H groups in total. The molecule has 0 radical (unpaired) electrons. The van der Waals surface area contributed by atoms with Crippen molar-refractivity contribution in [2.45, 2.75) is 12.6 Å². The summed E-state index contributed by atoms with van der Waals surface area (Å²) in [6.07, 6.45) is -0.926. The number of carbonyl (C=O) groups is 1. The highest BCUT2D eigenvalue weighted by atomic mass is 16.7. The topological polar surface area (TPSA) is 70.6 Å². The molecule has 1 atom stereocenters. The van der Waals surface area contributed by atoms with Gasteiger partial charge in [0, 0.05) is 13.0 Å². The Bertz CT molecular complexity index is 110. The minimum absolute atomic E-state index is 0.373. The van der Waals surface area contributed by atoms with Gasteiger partial charge in [-0.25, -0.2) is 10.2 Å². The molecular weight excluding hydrogens is 124 g/mol. The van der Waals surface area contributed by atoms with Crippen molar-refractivity contribution in [3.05, 3.63) is 0 Å². The predicted molar refractivity (Wildman–Crippen MR) is 28.7 cm³/mol. The molecule has 5 nitrogen and oxygen atoms in total. The van der Waals surface area contributed by atoms with Gasteiger partial charge in [0.05, 0.1) is 0 Å². The van der Waals surface area contributed by atoms with Gasteiger partial charge in [0.25, 0.3) is 0 Å². The molecule has 0 bridgehead atoms. The molecule has 9 heavy (non-hydrogen) atoms. The average Bonchev–Trinajstić information content (AvgIpc) is 2.15. The zero-order valence-electron chi connectivity index (χ0n) is 4.76. The Kier molecular flexibility index (Phi) is 1.86. The molecule has 1 heterocycles. The summed E-state index contributed by atoms with van der Waals surface area (Å²) in [5.74, 6) is 0. The van der Waals surface area contributed by atoms with E-state index in [1.165, 1.54) is 0 Å². The van der Waals surface area contributed by atoms with E-state index in [1.807, 2.05) is 0 Å². The van der Waals surface area contributed by atoms with Gasteiger partial charge in [-0.1, -0.05) is 0 Å². The second-order valence-corrected chi connectivity index (χ2v) is 1.73. The lowest BCUT2D eigenvalue weighted by Crippen LogP contribution is -2.33. The molecule has 0 aliphatic carbocycles. The maximum Gasteiger partial charge on any atom is 0.507 e. The van der Waals surface area contributed by atoms with Crippen LogP contribution >= 0.6 is 0 Å². The number of hydrogen-bond donors (Lipinski definition) is 3. The van der Waals surface area contributed by atoms with Crippen LogP contribution in [0.4, 0.5) is 4.79 Å². The molecule has 1 aliphatic heterocycles. The third-order valence-electron chi connectivity index (χ3n) is 1.04. The van der Waals surface area contributed by atoms with E-state index >= 15 is 0 Å². The first-order chi connectivity index (χ1) is 4.29. The van der Waals surface area contributed by atoms with Gasteiger partial charge in [-0.2, -0.15) is 0 Å². The first-order valence-corrected chi connectivity index (χ1v) is 2.67. The summed E-state index contributed by atoms with van der Waals surface area (Å²) in [6.45, 7) is 0.748. The number of rotatable bonds is 1. The maximum atomic E-state index is 9.87. The fourth-order valence-corrected chi connectivity index (χ4v) is 0.672. The Labute approximate surface area is 52.0 Å². The molecule has 0 saturated carbocycles. The van der Waals surface area contributed by atoms with Crippen molar-refractivity contribution >= 4 is 6.16 Å². The van der Waals surface area contributed by atoms with Gasteiger partial charge in [0.1, 0.15) is 0 Å². The standard InChI is InChI=1S/C4H8N2O3/c7-4(8)9-3-1-2-5-6-3/h3,5-6H,1-2H2,(H,7,8)/t3-/m0/s1.